The number of hydrogen-bond donors (Lipinski definition) is 0. The van der Waals surface area contributed by atoms with Gasteiger partial charge in [-0.05, 0) is 55.6 Å². The molecule has 7 nitrogen and oxygen atoms in total. The van der Waals surface area contributed by atoms with E-state index < -0.39 is 0 Å². The summed E-state index contributed by atoms with van der Waals surface area (Å²) in [6, 6.07) is 21.0. The van der Waals surface area contributed by atoms with Crippen LogP contribution in [0.2, 0.25) is 0 Å². The molecule has 0 radical (unpaired) electrons. The van der Waals surface area contributed by atoms with Crippen molar-refractivity contribution in [1.82, 2.24) is 29.7 Å². The van der Waals surface area contributed by atoms with Gasteiger partial charge < -0.3 is 4.42 Å². The summed E-state index contributed by atoms with van der Waals surface area (Å²) in [5.74, 6) is 1.49. The first kappa shape index (κ1) is 21.7. The maximum atomic E-state index is 5.65. The quantitative estimate of drug-likeness (QED) is 0.345. The minimum Gasteiger partial charge on any atom is -0.421 e. The zero-order chi connectivity index (χ0) is 23.8. The monoisotopic (exact) mass is 464 g/mol. The van der Waals surface area contributed by atoms with Crippen molar-refractivity contribution in [2.45, 2.75) is 39.2 Å². The van der Waals surface area contributed by atoms with Gasteiger partial charge in [-0.1, -0.05) is 42.5 Å². The van der Waals surface area contributed by atoms with Crippen molar-refractivity contribution >= 4 is 5.65 Å². The predicted octanol–water partition coefficient (Wildman–Crippen LogP) is 5.44. The second-order valence-electron chi connectivity index (χ2n) is 9.33. The lowest BCUT2D eigenvalue weighted by Gasteiger charge is -2.33. The largest absolute Gasteiger partial charge is 0.421 e. The zero-order valence-corrected chi connectivity index (χ0v) is 20.1. The maximum Gasteiger partial charge on any atom is 0.247 e. The summed E-state index contributed by atoms with van der Waals surface area (Å²) in [4.78, 5) is 7.32. The Kier molecular flexibility index (Phi) is 5.62. The molecular formula is C28H28N6O. The van der Waals surface area contributed by atoms with E-state index in [1.54, 1.807) is 6.92 Å². The van der Waals surface area contributed by atoms with Crippen LogP contribution in [0.4, 0.5) is 0 Å². The summed E-state index contributed by atoms with van der Waals surface area (Å²) in [7, 11) is 0. The molecule has 5 aromatic rings. The minimum atomic E-state index is 0.415. The normalized spacial score (nSPS) is 16.7. The van der Waals surface area contributed by atoms with Gasteiger partial charge in [-0.2, -0.15) is 5.10 Å². The molecule has 0 aliphatic carbocycles. The van der Waals surface area contributed by atoms with Gasteiger partial charge in [0.05, 0.1) is 11.4 Å². The van der Waals surface area contributed by atoms with Crippen LogP contribution in [0.1, 0.15) is 41.6 Å². The molecule has 0 saturated carbocycles. The Morgan fingerprint density at radius 1 is 0.971 bits per heavy atom. The lowest BCUT2D eigenvalue weighted by Crippen LogP contribution is -2.34. The summed E-state index contributed by atoms with van der Waals surface area (Å²) in [6.07, 6.45) is 4.27. The van der Waals surface area contributed by atoms with E-state index in [2.05, 4.69) is 75.1 Å². The summed E-state index contributed by atoms with van der Waals surface area (Å²) < 4.78 is 7.71. The van der Waals surface area contributed by atoms with E-state index in [1.807, 2.05) is 18.3 Å². The summed E-state index contributed by atoms with van der Waals surface area (Å²) in [5, 5.41) is 13.1. The first-order valence-corrected chi connectivity index (χ1v) is 12.2. The maximum absolute atomic E-state index is 5.65. The number of nitrogens with zero attached hydrogens (tertiary/aromatic N) is 6. The van der Waals surface area contributed by atoms with E-state index in [1.165, 1.54) is 17.7 Å². The van der Waals surface area contributed by atoms with E-state index in [9.17, 15) is 0 Å². The molecule has 3 aromatic heterocycles. The molecule has 4 heterocycles. The van der Waals surface area contributed by atoms with Gasteiger partial charge in [0.15, 0.2) is 5.65 Å². The molecule has 2 aromatic carbocycles. The molecular weight excluding hydrogens is 436 g/mol. The number of aromatic nitrogens is 5. The van der Waals surface area contributed by atoms with Crippen LogP contribution in [0.5, 0.6) is 0 Å². The van der Waals surface area contributed by atoms with Crippen molar-refractivity contribution < 1.29 is 4.42 Å². The van der Waals surface area contributed by atoms with Gasteiger partial charge in [0.25, 0.3) is 0 Å². The van der Waals surface area contributed by atoms with Gasteiger partial charge in [0.1, 0.15) is 0 Å². The Balaban J connectivity index is 1.34. The van der Waals surface area contributed by atoms with Gasteiger partial charge in [0.2, 0.25) is 11.8 Å². The number of fused-ring (bicyclic) bond motifs is 1. The van der Waals surface area contributed by atoms with Crippen LogP contribution in [-0.4, -0.2) is 42.8 Å². The Bertz CT molecular complexity index is 1470. The molecule has 1 unspecified atom stereocenters. The summed E-state index contributed by atoms with van der Waals surface area (Å²) >= 11 is 0. The average Bonchev–Trinajstić information content (AvgIpc) is 3.47. The van der Waals surface area contributed by atoms with Crippen molar-refractivity contribution in [3.8, 4) is 22.6 Å². The van der Waals surface area contributed by atoms with E-state index in [0.29, 0.717) is 17.7 Å². The third kappa shape index (κ3) is 4.23. The topological polar surface area (TPSA) is 72.3 Å². The molecule has 1 atom stereocenters. The van der Waals surface area contributed by atoms with Crippen LogP contribution in [0.15, 0.2) is 71.3 Å². The number of likely N-dealkylation sites (tertiary alicyclic amines) is 1. The van der Waals surface area contributed by atoms with Crippen molar-refractivity contribution in [2.75, 3.05) is 13.1 Å². The lowest BCUT2D eigenvalue weighted by atomic mass is 9.94. The fraction of sp³-hybridized carbons (Fsp3) is 0.286. The van der Waals surface area contributed by atoms with Crippen LogP contribution < -0.4 is 0 Å². The van der Waals surface area contributed by atoms with Crippen LogP contribution in [0.25, 0.3) is 28.2 Å². The van der Waals surface area contributed by atoms with Crippen molar-refractivity contribution in [1.29, 1.82) is 0 Å². The highest BCUT2D eigenvalue weighted by Gasteiger charge is 2.25. The summed E-state index contributed by atoms with van der Waals surface area (Å²) in [6.45, 7) is 6.99. The highest BCUT2D eigenvalue weighted by atomic mass is 16.4. The highest BCUT2D eigenvalue weighted by Crippen LogP contribution is 2.33. The molecule has 35 heavy (non-hydrogen) atoms. The van der Waals surface area contributed by atoms with Crippen LogP contribution >= 0.6 is 0 Å². The van der Waals surface area contributed by atoms with Gasteiger partial charge in [-0.3, -0.25) is 4.90 Å². The molecule has 1 aliphatic rings. The van der Waals surface area contributed by atoms with Crippen LogP contribution in [0, 0.1) is 13.8 Å². The van der Waals surface area contributed by atoms with Gasteiger partial charge in [0, 0.05) is 43.3 Å². The average molecular weight is 465 g/mol. The minimum absolute atomic E-state index is 0.415. The van der Waals surface area contributed by atoms with E-state index in [0.717, 1.165) is 54.1 Å². The van der Waals surface area contributed by atoms with Gasteiger partial charge in [-0.15, -0.1) is 10.2 Å². The number of benzene rings is 2. The van der Waals surface area contributed by atoms with Crippen LogP contribution in [-0.2, 0) is 6.54 Å². The Hall–Kier alpha value is -3.84. The number of aryl methyl sites for hydroxylation is 2. The zero-order valence-electron chi connectivity index (χ0n) is 20.1. The van der Waals surface area contributed by atoms with Crippen molar-refractivity contribution in [2.24, 2.45) is 0 Å². The Morgan fingerprint density at radius 3 is 2.66 bits per heavy atom. The van der Waals surface area contributed by atoms with Crippen molar-refractivity contribution in [3.63, 3.8) is 0 Å². The lowest BCUT2D eigenvalue weighted by molar-refractivity contribution is 0.197. The first-order valence-electron chi connectivity index (χ1n) is 12.2. The second kappa shape index (κ2) is 9.07. The molecule has 0 spiro atoms. The molecule has 0 bridgehead atoms. The number of hydrogen-bond acceptors (Lipinski definition) is 6. The predicted molar refractivity (Wildman–Crippen MR) is 135 cm³/mol. The highest BCUT2D eigenvalue weighted by molar-refractivity contribution is 5.82. The SMILES string of the molecule is Cc1nnc(-c2cccc(-c3c(C)nn4c(C5CCCN(Cc6ccccc6)C5)ccnc34)c2)o1. The van der Waals surface area contributed by atoms with Gasteiger partial charge >= 0.3 is 0 Å². The molecule has 6 rings (SSSR count). The Morgan fingerprint density at radius 2 is 1.83 bits per heavy atom. The smallest absolute Gasteiger partial charge is 0.247 e. The molecule has 7 heteroatoms. The second-order valence-corrected chi connectivity index (χ2v) is 9.33. The van der Waals surface area contributed by atoms with E-state index >= 15 is 0 Å². The third-order valence-electron chi connectivity index (χ3n) is 6.82. The molecule has 1 saturated heterocycles. The van der Waals surface area contributed by atoms with Crippen molar-refractivity contribution in [3.05, 3.63) is 89.7 Å². The standard InChI is InChI=1S/C28H28N6O/c1-19-26(22-10-6-11-23(16-22)28-31-30-20(2)35-28)27-29-14-13-25(34(27)32-19)24-12-7-15-33(18-24)17-21-8-4-3-5-9-21/h3-6,8-11,13-14,16,24H,7,12,15,17-18H2,1-2H3. The number of piperidine rings is 1. The Labute approximate surface area is 204 Å². The molecule has 176 valence electrons. The fourth-order valence-electron chi connectivity index (χ4n) is 5.22. The molecule has 0 N–H and O–H groups in total. The first-order chi connectivity index (χ1) is 17.2. The van der Waals surface area contributed by atoms with E-state index in [4.69, 9.17) is 14.5 Å². The summed E-state index contributed by atoms with van der Waals surface area (Å²) in [5.41, 5.74) is 7.42. The molecule has 1 fully saturated rings. The third-order valence-corrected chi connectivity index (χ3v) is 6.82. The fourth-order valence-corrected chi connectivity index (χ4v) is 5.22. The van der Waals surface area contributed by atoms with E-state index in [-0.39, 0.29) is 0 Å². The molecule has 1 aliphatic heterocycles. The van der Waals surface area contributed by atoms with Crippen LogP contribution in [0.3, 0.4) is 0 Å². The molecule has 0 amide bonds. The number of rotatable bonds is 5. The van der Waals surface area contributed by atoms with Gasteiger partial charge in [-0.25, -0.2) is 9.50 Å².